The minimum atomic E-state index is -0.813. The van der Waals surface area contributed by atoms with Crippen molar-refractivity contribution in [1.29, 1.82) is 0 Å². The van der Waals surface area contributed by atoms with Gasteiger partial charge in [-0.25, -0.2) is 4.79 Å². The molecule has 1 aromatic heterocycles. The molecule has 1 rings (SSSR count). The van der Waals surface area contributed by atoms with Gasteiger partial charge in [-0.3, -0.25) is 0 Å². The van der Waals surface area contributed by atoms with E-state index in [4.69, 9.17) is 4.74 Å². The van der Waals surface area contributed by atoms with E-state index in [-0.39, 0.29) is 24.7 Å². The summed E-state index contributed by atoms with van der Waals surface area (Å²) in [7, 11) is 0. The molecule has 0 spiro atoms. The van der Waals surface area contributed by atoms with Crippen LogP contribution in [0.15, 0.2) is 6.20 Å². The Kier molecular flexibility index (Phi) is 6.13. The van der Waals surface area contributed by atoms with Crippen molar-refractivity contribution in [2.75, 3.05) is 13.2 Å². The smallest absolute Gasteiger partial charge is 0.318 e. The Morgan fingerprint density at radius 2 is 2.05 bits per heavy atom. The third-order valence-corrected chi connectivity index (χ3v) is 3.16. The molecule has 0 aliphatic carbocycles. The van der Waals surface area contributed by atoms with Gasteiger partial charge in [0.25, 0.3) is 0 Å². The van der Waals surface area contributed by atoms with Crippen LogP contribution in [0.5, 0.6) is 5.88 Å². The van der Waals surface area contributed by atoms with Crippen molar-refractivity contribution in [2.24, 2.45) is 0 Å². The first-order valence-electron chi connectivity index (χ1n) is 7.17. The number of aromatic nitrogens is 2. The summed E-state index contributed by atoms with van der Waals surface area (Å²) in [6.07, 6.45) is 0.678. The standard InChI is InChI=1S/C14H26N4O3S/c1-13(2,3)16-12(20)18(14(4,5)6)8-10(19)9-21-11-7-15-22-17-11/h7,10,19H,8-9H2,1-6H3,(H,16,20). The Balaban J connectivity index is 2.62. The third-order valence-electron chi connectivity index (χ3n) is 2.69. The van der Waals surface area contributed by atoms with Crippen LogP contribution in [0, 0.1) is 0 Å². The molecule has 0 saturated heterocycles. The number of nitrogens with one attached hydrogen (secondary N) is 1. The Bertz CT molecular complexity index is 465. The number of urea groups is 1. The summed E-state index contributed by atoms with van der Waals surface area (Å²) in [4.78, 5) is 14.0. The number of carbonyl (C=O) groups is 1. The lowest BCUT2D eigenvalue weighted by atomic mass is 10.0. The molecule has 0 aromatic carbocycles. The van der Waals surface area contributed by atoms with Crippen LogP contribution in [0.2, 0.25) is 0 Å². The minimum Gasteiger partial charge on any atom is -0.473 e. The van der Waals surface area contributed by atoms with Crippen LogP contribution in [0.4, 0.5) is 4.79 Å². The van der Waals surface area contributed by atoms with Crippen LogP contribution < -0.4 is 10.1 Å². The van der Waals surface area contributed by atoms with Gasteiger partial charge in [0.2, 0.25) is 5.88 Å². The molecule has 8 heteroatoms. The van der Waals surface area contributed by atoms with E-state index in [2.05, 4.69) is 14.1 Å². The number of hydrogen-bond acceptors (Lipinski definition) is 6. The zero-order valence-corrected chi connectivity index (χ0v) is 14.9. The van der Waals surface area contributed by atoms with Crippen molar-refractivity contribution in [3.8, 4) is 5.88 Å². The first-order chi connectivity index (χ1) is 9.99. The molecule has 0 aliphatic heterocycles. The fourth-order valence-corrected chi connectivity index (χ4v) is 2.08. The van der Waals surface area contributed by atoms with Crippen LogP contribution in [0.3, 0.4) is 0 Å². The zero-order valence-electron chi connectivity index (χ0n) is 14.1. The van der Waals surface area contributed by atoms with Crippen molar-refractivity contribution >= 4 is 17.8 Å². The van der Waals surface area contributed by atoms with Crippen LogP contribution in [0.1, 0.15) is 41.5 Å². The highest BCUT2D eigenvalue weighted by molar-refractivity contribution is 6.99. The van der Waals surface area contributed by atoms with E-state index in [1.165, 1.54) is 6.20 Å². The quantitative estimate of drug-likeness (QED) is 0.861. The SMILES string of the molecule is CC(C)(C)NC(=O)N(CC(O)COc1cnsn1)C(C)(C)C. The van der Waals surface area contributed by atoms with Crippen molar-refractivity contribution < 1.29 is 14.6 Å². The number of ether oxygens (including phenoxy) is 1. The van der Waals surface area contributed by atoms with E-state index in [1.54, 1.807) is 4.90 Å². The average molecular weight is 330 g/mol. The second-order valence-corrected chi connectivity index (χ2v) is 7.73. The molecule has 22 heavy (non-hydrogen) atoms. The molecule has 0 saturated carbocycles. The first-order valence-corrected chi connectivity index (χ1v) is 7.90. The number of hydrogen-bond donors (Lipinski definition) is 2. The number of β-amino-alcohol motifs (C(OH)–C–C–N with tert-alkyl or cyclic N) is 1. The molecule has 2 N–H and O–H groups in total. The molecule has 0 bridgehead atoms. The third kappa shape index (κ3) is 6.57. The lowest BCUT2D eigenvalue weighted by Gasteiger charge is -2.38. The van der Waals surface area contributed by atoms with Crippen molar-refractivity contribution in [1.82, 2.24) is 19.0 Å². The maximum Gasteiger partial charge on any atom is 0.318 e. The number of aliphatic hydroxyl groups excluding tert-OH is 1. The lowest BCUT2D eigenvalue weighted by molar-refractivity contribution is 0.0483. The summed E-state index contributed by atoms with van der Waals surface area (Å²) >= 11 is 1.04. The molecule has 7 nitrogen and oxygen atoms in total. The second-order valence-electron chi connectivity index (χ2n) is 7.17. The maximum absolute atomic E-state index is 12.4. The van der Waals surface area contributed by atoms with Gasteiger partial charge in [-0.05, 0) is 41.5 Å². The predicted molar refractivity (Wildman–Crippen MR) is 86.2 cm³/mol. The summed E-state index contributed by atoms with van der Waals surface area (Å²) in [6.45, 7) is 11.7. The van der Waals surface area contributed by atoms with Gasteiger partial charge >= 0.3 is 6.03 Å². The summed E-state index contributed by atoms with van der Waals surface area (Å²) in [6, 6.07) is -0.214. The van der Waals surface area contributed by atoms with E-state index in [9.17, 15) is 9.90 Å². The minimum absolute atomic E-state index is 0.0563. The molecule has 0 radical (unpaired) electrons. The molecular formula is C14H26N4O3S. The highest BCUT2D eigenvalue weighted by Gasteiger charge is 2.30. The van der Waals surface area contributed by atoms with Gasteiger partial charge in [-0.15, -0.1) is 4.37 Å². The summed E-state index contributed by atoms with van der Waals surface area (Å²) in [5.74, 6) is 0.380. The number of carbonyl (C=O) groups excluding carboxylic acids is 1. The Labute approximate surface area is 136 Å². The molecule has 0 fully saturated rings. The fraction of sp³-hybridized carbons (Fsp3) is 0.786. The van der Waals surface area contributed by atoms with Gasteiger partial charge in [0.15, 0.2) is 0 Å². The van der Waals surface area contributed by atoms with Crippen LogP contribution >= 0.6 is 11.7 Å². The van der Waals surface area contributed by atoms with Gasteiger partial charge in [0.1, 0.15) is 18.9 Å². The van der Waals surface area contributed by atoms with Crippen LogP contribution in [-0.2, 0) is 0 Å². The fourth-order valence-electron chi connectivity index (χ4n) is 1.71. The highest BCUT2D eigenvalue weighted by Crippen LogP contribution is 2.16. The van der Waals surface area contributed by atoms with Crippen LogP contribution in [-0.4, -0.2) is 55.1 Å². The molecule has 1 atom stereocenters. The van der Waals surface area contributed by atoms with Gasteiger partial charge in [-0.2, -0.15) is 4.37 Å². The van der Waals surface area contributed by atoms with Gasteiger partial charge in [0, 0.05) is 11.1 Å². The molecule has 2 amide bonds. The molecule has 0 aliphatic rings. The van der Waals surface area contributed by atoms with Crippen molar-refractivity contribution in [3.05, 3.63) is 6.20 Å². The van der Waals surface area contributed by atoms with E-state index in [0.717, 1.165) is 11.7 Å². The zero-order chi connectivity index (χ0) is 17.0. The largest absolute Gasteiger partial charge is 0.473 e. The second kappa shape index (κ2) is 7.23. The number of nitrogens with zero attached hydrogens (tertiary/aromatic N) is 3. The molecule has 1 aromatic rings. The monoisotopic (exact) mass is 330 g/mol. The molecule has 1 heterocycles. The predicted octanol–water partition coefficient (Wildman–Crippen LogP) is 1.89. The Morgan fingerprint density at radius 3 is 2.50 bits per heavy atom. The van der Waals surface area contributed by atoms with Gasteiger partial charge < -0.3 is 20.1 Å². The van der Waals surface area contributed by atoms with E-state index in [0.29, 0.717) is 5.88 Å². The summed E-state index contributed by atoms with van der Waals surface area (Å²) in [5.41, 5.74) is -0.757. The average Bonchev–Trinajstić information content (AvgIpc) is 2.82. The Morgan fingerprint density at radius 1 is 1.41 bits per heavy atom. The van der Waals surface area contributed by atoms with Gasteiger partial charge in [-0.1, -0.05) is 0 Å². The summed E-state index contributed by atoms with van der Waals surface area (Å²) in [5, 5.41) is 13.1. The molecular weight excluding hydrogens is 304 g/mol. The number of rotatable bonds is 5. The summed E-state index contributed by atoms with van der Waals surface area (Å²) < 4.78 is 13.1. The van der Waals surface area contributed by atoms with Gasteiger partial charge in [0.05, 0.1) is 18.3 Å². The van der Waals surface area contributed by atoms with Crippen molar-refractivity contribution in [2.45, 2.75) is 58.7 Å². The van der Waals surface area contributed by atoms with Crippen molar-refractivity contribution in [3.63, 3.8) is 0 Å². The van der Waals surface area contributed by atoms with E-state index >= 15 is 0 Å². The Hall–Kier alpha value is -1.41. The normalized spacial score (nSPS) is 13.6. The number of aliphatic hydroxyl groups is 1. The first kappa shape index (κ1) is 18.6. The molecule has 126 valence electrons. The topological polar surface area (TPSA) is 87.6 Å². The molecule has 1 unspecified atom stereocenters. The highest BCUT2D eigenvalue weighted by atomic mass is 32.1. The van der Waals surface area contributed by atoms with E-state index < -0.39 is 11.6 Å². The van der Waals surface area contributed by atoms with E-state index in [1.807, 2.05) is 41.5 Å². The number of amides is 2. The maximum atomic E-state index is 12.4. The lowest BCUT2D eigenvalue weighted by Crippen LogP contribution is -2.57. The van der Waals surface area contributed by atoms with Crippen LogP contribution in [0.25, 0.3) is 0 Å².